The molecule has 1 spiro atoms. The second kappa shape index (κ2) is 7.61. The number of carboxylic acids is 1. The Balaban J connectivity index is 2.20. The van der Waals surface area contributed by atoms with Gasteiger partial charge in [0.15, 0.2) is 0 Å². The van der Waals surface area contributed by atoms with Crippen LogP contribution in [0.5, 0.6) is 0 Å². The smallest absolute Gasteiger partial charge is 0.451 e. The molecule has 3 unspecified atom stereocenters. The fraction of sp³-hybridized carbons (Fsp3) is 0.875. The van der Waals surface area contributed by atoms with Gasteiger partial charge in [-0.15, -0.1) is 0 Å². The predicted molar refractivity (Wildman–Crippen MR) is 93.5 cm³/mol. The van der Waals surface area contributed by atoms with Crippen molar-refractivity contribution in [3.63, 3.8) is 0 Å². The van der Waals surface area contributed by atoms with Crippen molar-refractivity contribution >= 4 is 19.0 Å². The SMILES string of the molecule is C[C@H](N)C(=O)N1CCCC12CCC(N)(C(=O)O)C(CCCB(O)O)C2. The first-order chi connectivity index (χ1) is 11.6. The van der Waals surface area contributed by atoms with Crippen LogP contribution in [0.4, 0.5) is 0 Å². The summed E-state index contributed by atoms with van der Waals surface area (Å²) in [6.07, 6.45) is 4.25. The molecule has 1 amide bonds. The summed E-state index contributed by atoms with van der Waals surface area (Å²) in [5, 5.41) is 27.7. The molecule has 142 valence electrons. The summed E-state index contributed by atoms with van der Waals surface area (Å²) in [7, 11) is -1.41. The minimum absolute atomic E-state index is 0.0955. The molecule has 25 heavy (non-hydrogen) atoms. The molecule has 9 heteroatoms. The highest BCUT2D eigenvalue weighted by molar-refractivity contribution is 6.40. The predicted octanol–water partition coefficient (Wildman–Crippen LogP) is -0.470. The van der Waals surface area contributed by atoms with Crippen LogP contribution < -0.4 is 11.5 Å². The van der Waals surface area contributed by atoms with E-state index in [1.54, 1.807) is 6.92 Å². The Bertz CT molecular complexity index is 518. The Morgan fingerprint density at radius 3 is 2.56 bits per heavy atom. The molecule has 1 aliphatic carbocycles. The second-order valence-corrected chi connectivity index (χ2v) is 7.76. The maximum atomic E-state index is 12.5. The first-order valence-corrected chi connectivity index (χ1v) is 9.08. The molecule has 2 aliphatic rings. The summed E-state index contributed by atoms with van der Waals surface area (Å²) >= 11 is 0. The molecule has 2 fully saturated rings. The number of nitrogens with zero attached hydrogens (tertiary/aromatic N) is 1. The molecule has 8 nitrogen and oxygen atoms in total. The third-order valence-corrected chi connectivity index (χ3v) is 6.02. The average Bonchev–Trinajstić information content (AvgIpc) is 2.93. The zero-order chi connectivity index (χ0) is 18.8. The van der Waals surface area contributed by atoms with Gasteiger partial charge in [-0.05, 0) is 57.7 Å². The molecular formula is C16H30BN3O5. The van der Waals surface area contributed by atoms with Crippen LogP contribution in [0.15, 0.2) is 0 Å². The topological polar surface area (TPSA) is 150 Å². The van der Waals surface area contributed by atoms with Crippen molar-refractivity contribution in [2.24, 2.45) is 17.4 Å². The number of carbonyl (C=O) groups excluding carboxylic acids is 1. The Hall–Kier alpha value is -1.16. The summed E-state index contributed by atoms with van der Waals surface area (Å²) in [6.45, 7) is 2.31. The molecular weight excluding hydrogens is 325 g/mol. The average molecular weight is 355 g/mol. The fourth-order valence-corrected chi connectivity index (χ4v) is 4.57. The van der Waals surface area contributed by atoms with Crippen molar-refractivity contribution < 1.29 is 24.7 Å². The second-order valence-electron chi connectivity index (χ2n) is 7.76. The van der Waals surface area contributed by atoms with Gasteiger partial charge in [-0.1, -0.05) is 6.42 Å². The maximum absolute atomic E-state index is 12.5. The van der Waals surface area contributed by atoms with Gasteiger partial charge in [0.25, 0.3) is 0 Å². The number of nitrogens with two attached hydrogens (primary N) is 2. The van der Waals surface area contributed by atoms with E-state index in [0.29, 0.717) is 38.6 Å². The van der Waals surface area contributed by atoms with Crippen LogP contribution in [-0.2, 0) is 9.59 Å². The molecule has 7 N–H and O–H groups in total. The number of hydrogen-bond donors (Lipinski definition) is 5. The van der Waals surface area contributed by atoms with E-state index in [2.05, 4.69) is 0 Å². The highest BCUT2D eigenvalue weighted by atomic mass is 16.4. The third kappa shape index (κ3) is 4.00. The number of rotatable bonds is 6. The van der Waals surface area contributed by atoms with Crippen molar-refractivity contribution in [1.82, 2.24) is 4.90 Å². The van der Waals surface area contributed by atoms with E-state index in [1.165, 1.54) is 0 Å². The number of aliphatic carboxylic acids is 1. The number of likely N-dealkylation sites (tertiary alicyclic amines) is 1. The number of hydrogen-bond acceptors (Lipinski definition) is 6. The van der Waals surface area contributed by atoms with E-state index >= 15 is 0 Å². The lowest BCUT2D eigenvalue weighted by atomic mass is 9.63. The van der Waals surface area contributed by atoms with Crippen LogP contribution in [0, 0.1) is 5.92 Å². The van der Waals surface area contributed by atoms with Crippen molar-refractivity contribution in [2.75, 3.05) is 6.54 Å². The molecule has 0 radical (unpaired) electrons. The number of amides is 1. The van der Waals surface area contributed by atoms with Gasteiger partial charge in [0, 0.05) is 12.1 Å². The highest BCUT2D eigenvalue weighted by Gasteiger charge is 2.55. The summed E-state index contributed by atoms with van der Waals surface area (Å²) in [5.74, 6) is -1.44. The van der Waals surface area contributed by atoms with Gasteiger partial charge in [0.05, 0.1) is 6.04 Å². The van der Waals surface area contributed by atoms with Crippen LogP contribution in [0.25, 0.3) is 0 Å². The molecule has 1 heterocycles. The summed E-state index contributed by atoms with van der Waals surface area (Å²) in [4.78, 5) is 26.1. The zero-order valence-corrected chi connectivity index (χ0v) is 14.9. The lowest BCUT2D eigenvalue weighted by Gasteiger charge is -2.50. The third-order valence-electron chi connectivity index (χ3n) is 6.02. The van der Waals surface area contributed by atoms with Gasteiger partial charge in [-0.2, -0.15) is 0 Å². The lowest BCUT2D eigenvalue weighted by Crippen LogP contribution is -2.64. The van der Waals surface area contributed by atoms with Crippen molar-refractivity contribution in [2.45, 2.75) is 75.3 Å². The lowest BCUT2D eigenvalue weighted by molar-refractivity contribution is -0.151. The van der Waals surface area contributed by atoms with E-state index in [-0.39, 0.29) is 23.7 Å². The van der Waals surface area contributed by atoms with Gasteiger partial charge in [0.1, 0.15) is 5.54 Å². The first-order valence-electron chi connectivity index (χ1n) is 9.08. The van der Waals surface area contributed by atoms with Crippen molar-refractivity contribution in [3.8, 4) is 0 Å². The quantitative estimate of drug-likeness (QED) is 0.404. The highest BCUT2D eigenvalue weighted by Crippen LogP contribution is 2.48. The molecule has 1 aliphatic heterocycles. The molecule has 1 saturated heterocycles. The number of carboxylic acid groups (broad SMARTS) is 1. The maximum Gasteiger partial charge on any atom is 0.451 e. The summed E-state index contributed by atoms with van der Waals surface area (Å²) in [5.41, 5.74) is 10.3. The van der Waals surface area contributed by atoms with Crippen LogP contribution in [0.3, 0.4) is 0 Å². The van der Waals surface area contributed by atoms with Crippen LogP contribution in [0.2, 0.25) is 6.32 Å². The van der Waals surface area contributed by atoms with Crippen molar-refractivity contribution in [1.29, 1.82) is 0 Å². The minimum atomic E-state index is -1.41. The normalized spacial score (nSPS) is 33.5. The van der Waals surface area contributed by atoms with E-state index in [9.17, 15) is 14.7 Å². The van der Waals surface area contributed by atoms with Crippen LogP contribution >= 0.6 is 0 Å². The molecule has 4 atom stereocenters. The van der Waals surface area contributed by atoms with E-state index < -0.39 is 24.7 Å². The van der Waals surface area contributed by atoms with Crippen LogP contribution in [-0.4, -0.2) is 62.7 Å². The number of carbonyl (C=O) groups is 2. The van der Waals surface area contributed by atoms with Gasteiger partial charge >= 0.3 is 13.1 Å². The van der Waals surface area contributed by atoms with Gasteiger partial charge < -0.3 is 31.5 Å². The van der Waals surface area contributed by atoms with Crippen molar-refractivity contribution in [3.05, 3.63) is 0 Å². The fourth-order valence-electron chi connectivity index (χ4n) is 4.57. The van der Waals surface area contributed by atoms with Gasteiger partial charge in [-0.3, -0.25) is 9.59 Å². The van der Waals surface area contributed by atoms with Gasteiger partial charge in [-0.25, -0.2) is 0 Å². The summed E-state index contributed by atoms with van der Waals surface area (Å²) < 4.78 is 0. The van der Waals surface area contributed by atoms with Crippen LogP contribution in [0.1, 0.15) is 51.9 Å². The largest absolute Gasteiger partial charge is 0.480 e. The standard InChI is InChI=1S/C16H30BN3O5/c1-11(18)13(21)20-9-3-5-15(20)6-7-16(19,14(22)23)12(10-15)4-2-8-17(24)25/h11-12,24-25H,2-10,18-19H2,1H3,(H,22,23)/t11-,12?,15?,16?/m0/s1. The first kappa shape index (κ1) is 20.2. The molecule has 0 aromatic rings. The van der Waals surface area contributed by atoms with E-state index in [4.69, 9.17) is 21.5 Å². The Kier molecular flexibility index (Phi) is 6.14. The molecule has 0 aromatic heterocycles. The zero-order valence-electron chi connectivity index (χ0n) is 14.9. The Labute approximate surface area is 148 Å². The molecule has 2 rings (SSSR count). The monoisotopic (exact) mass is 355 g/mol. The Morgan fingerprint density at radius 1 is 1.32 bits per heavy atom. The molecule has 1 saturated carbocycles. The minimum Gasteiger partial charge on any atom is -0.480 e. The molecule has 0 bridgehead atoms. The summed E-state index contributed by atoms with van der Waals surface area (Å²) in [6, 6.07) is -0.581. The van der Waals surface area contributed by atoms with E-state index in [0.717, 1.165) is 12.8 Å². The van der Waals surface area contributed by atoms with E-state index in [1.807, 2.05) is 4.90 Å². The molecule has 0 aromatic carbocycles. The Morgan fingerprint density at radius 2 is 2.00 bits per heavy atom. The van der Waals surface area contributed by atoms with Gasteiger partial charge in [0.2, 0.25) is 5.91 Å².